The van der Waals surface area contributed by atoms with Gasteiger partial charge < -0.3 is 15.4 Å². The monoisotopic (exact) mass is 238 g/mol. The van der Waals surface area contributed by atoms with Crippen LogP contribution in [0.5, 0.6) is 5.88 Å². The number of hydrogen-bond acceptors (Lipinski definition) is 5. The Bertz CT molecular complexity index is 366. The second kappa shape index (κ2) is 6.39. The lowest BCUT2D eigenvalue weighted by Gasteiger charge is -2.12. The van der Waals surface area contributed by atoms with Gasteiger partial charge in [0.05, 0.1) is 12.2 Å². The third kappa shape index (κ3) is 4.19. The van der Waals surface area contributed by atoms with Crippen LogP contribution in [0.2, 0.25) is 0 Å². The molecular formula is C12H22N4O. The van der Waals surface area contributed by atoms with E-state index in [2.05, 4.69) is 14.9 Å². The first kappa shape index (κ1) is 13.7. The first-order valence-electron chi connectivity index (χ1n) is 5.95. The van der Waals surface area contributed by atoms with Crippen LogP contribution in [0.1, 0.15) is 24.7 Å². The Kier molecular flexibility index (Phi) is 5.15. The molecule has 0 saturated carbocycles. The number of ether oxygens (including phenoxy) is 1. The predicted octanol–water partition coefficient (Wildman–Crippen LogP) is 1.26. The first-order chi connectivity index (χ1) is 8.04. The largest absolute Gasteiger partial charge is 0.477 e. The summed E-state index contributed by atoms with van der Waals surface area (Å²) >= 11 is 0. The summed E-state index contributed by atoms with van der Waals surface area (Å²) < 4.78 is 5.65. The van der Waals surface area contributed by atoms with Crippen LogP contribution < -0.4 is 10.5 Å². The molecule has 2 N–H and O–H groups in total. The fourth-order valence-electron chi connectivity index (χ4n) is 1.41. The minimum absolute atomic E-state index is 0.513. The number of nitrogen functional groups attached to an aromatic ring is 1. The molecule has 0 aromatic carbocycles. The van der Waals surface area contributed by atoms with Crippen LogP contribution in [0.4, 0.5) is 5.82 Å². The van der Waals surface area contributed by atoms with Crippen LogP contribution in [0.3, 0.4) is 0 Å². The maximum Gasteiger partial charge on any atom is 0.221 e. The number of hydrogen-bond donors (Lipinski definition) is 1. The normalized spacial score (nSPS) is 10.9. The van der Waals surface area contributed by atoms with Crippen molar-refractivity contribution in [2.75, 3.05) is 33.0 Å². The number of aryl methyl sites for hydroxylation is 1. The summed E-state index contributed by atoms with van der Waals surface area (Å²) in [4.78, 5) is 10.7. The summed E-state index contributed by atoms with van der Waals surface area (Å²) in [7, 11) is 4.09. The number of nitrogens with two attached hydrogens (primary N) is 1. The van der Waals surface area contributed by atoms with Gasteiger partial charge in [-0.2, -0.15) is 4.98 Å². The molecule has 0 atom stereocenters. The Morgan fingerprint density at radius 3 is 2.59 bits per heavy atom. The highest BCUT2D eigenvalue weighted by molar-refractivity contribution is 5.44. The average Bonchev–Trinajstić information content (AvgIpc) is 2.29. The maximum atomic E-state index is 5.81. The van der Waals surface area contributed by atoms with Crippen LogP contribution >= 0.6 is 0 Å². The van der Waals surface area contributed by atoms with Crippen molar-refractivity contribution < 1.29 is 4.74 Å². The molecule has 0 spiro atoms. The Hall–Kier alpha value is -1.36. The van der Waals surface area contributed by atoms with Crippen LogP contribution in [-0.4, -0.2) is 42.1 Å². The topological polar surface area (TPSA) is 64.3 Å². The summed E-state index contributed by atoms with van der Waals surface area (Å²) in [5.74, 6) is 1.86. The number of rotatable bonds is 6. The van der Waals surface area contributed by atoms with E-state index in [0.29, 0.717) is 18.3 Å². The molecule has 1 heterocycles. The molecule has 1 rings (SSSR count). The van der Waals surface area contributed by atoms with Gasteiger partial charge in [-0.05, 0) is 27.4 Å². The Morgan fingerprint density at radius 1 is 1.29 bits per heavy atom. The van der Waals surface area contributed by atoms with Crippen LogP contribution in [-0.2, 0) is 6.42 Å². The van der Waals surface area contributed by atoms with E-state index in [-0.39, 0.29) is 0 Å². The standard InChI is InChI=1S/C12H22N4O/c1-5-10-14-11(13)9(2)12(15-10)17-8-6-7-16(3)4/h5-8H2,1-4H3,(H2,13,14,15). The second-order valence-electron chi connectivity index (χ2n) is 4.31. The molecule has 0 aliphatic carbocycles. The summed E-state index contributed by atoms with van der Waals surface area (Å²) in [6, 6.07) is 0. The molecule has 0 radical (unpaired) electrons. The quantitative estimate of drug-likeness (QED) is 0.756. The van der Waals surface area contributed by atoms with E-state index in [4.69, 9.17) is 10.5 Å². The first-order valence-corrected chi connectivity index (χ1v) is 5.95. The zero-order chi connectivity index (χ0) is 12.8. The predicted molar refractivity (Wildman–Crippen MR) is 69.2 cm³/mol. The van der Waals surface area contributed by atoms with Crippen molar-refractivity contribution >= 4 is 5.82 Å². The smallest absolute Gasteiger partial charge is 0.221 e. The van der Waals surface area contributed by atoms with Gasteiger partial charge in [-0.1, -0.05) is 6.92 Å². The molecular weight excluding hydrogens is 216 g/mol. The molecule has 1 aromatic rings. The van der Waals surface area contributed by atoms with E-state index in [0.717, 1.165) is 30.8 Å². The molecule has 0 aliphatic heterocycles. The maximum absolute atomic E-state index is 5.81. The fourth-order valence-corrected chi connectivity index (χ4v) is 1.41. The molecule has 5 heteroatoms. The van der Waals surface area contributed by atoms with Crippen LogP contribution in [0.25, 0.3) is 0 Å². The highest BCUT2D eigenvalue weighted by Gasteiger charge is 2.08. The zero-order valence-electron chi connectivity index (χ0n) is 11.2. The minimum Gasteiger partial charge on any atom is -0.477 e. The molecule has 0 saturated heterocycles. The van der Waals surface area contributed by atoms with Gasteiger partial charge in [-0.3, -0.25) is 0 Å². The van der Waals surface area contributed by atoms with Crippen LogP contribution in [0, 0.1) is 6.92 Å². The average molecular weight is 238 g/mol. The summed E-state index contributed by atoms with van der Waals surface area (Å²) in [6.45, 7) is 5.54. The summed E-state index contributed by atoms with van der Waals surface area (Å²) in [5.41, 5.74) is 6.64. The lowest BCUT2D eigenvalue weighted by Crippen LogP contribution is -2.16. The van der Waals surface area contributed by atoms with E-state index in [1.165, 1.54) is 0 Å². The molecule has 0 aliphatic rings. The molecule has 0 unspecified atom stereocenters. The van der Waals surface area contributed by atoms with Gasteiger partial charge in [0.1, 0.15) is 11.6 Å². The number of anilines is 1. The highest BCUT2D eigenvalue weighted by atomic mass is 16.5. The van der Waals surface area contributed by atoms with Crippen molar-refractivity contribution in [1.29, 1.82) is 0 Å². The Morgan fingerprint density at radius 2 is 2.00 bits per heavy atom. The molecule has 0 amide bonds. The van der Waals surface area contributed by atoms with E-state index >= 15 is 0 Å². The molecule has 5 nitrogen and oxygen atoms in total. The Balaban J connectivity index is 2.60. The van der Waals surface area contributed by atoms with Crippen molar-refractivity contribution in [3.63, 3.8) is 0 Å². The van der Waals surface area contributed by atoms with E-state index in [1.807, 2.05) is 27.9 Å². The second-order valence-corrected chi connectivity index (χ2v) is 4.31. The lowest BCUT2D eigenvalue weighted by atomic mass is 10.3. The van der Waals surface area contributed by atoms with Crippen molar-refractivity contribution in [2.24, 2.45) is 0 Å². The van der Waals surface area contributed by atoms with Gasteiger partial charge in [-0.15, -0.1) is 0 Å². The van der Waals surface area contributed by atoms with Crippen LogP contribution in [0.15, 0.2) is 0 Å². The van der Waals surface area contributed by atoms with E-state index in [1.54, 1.807) is 0 Å². The molecule has 1 aromatic heterocycles. The lowest BCUT2D eigenvalue weighted by molar-refractivity contribution is 0.270. The number of nitrogens with zero attached hydrogens (tertiary/aromatic N) is 3. The molecule has 96 valence electrons. The van der Waals surface area contributed by atoms with Crippen molar-refractivity contribution in [2.45, 2.75) is 26.7 Å². The van der Waals surface area contributed by atoms with E-state index in [9.17, 15) is 0 Å². The summed E-state index contributed by atoms with van der Waals surface area (Å²) in [6.07, 6.45) is 1.73. The van der Waals surface area contributed by atoms with Crippen molar-refractivity contribution in [3.8, 4) is 5.88 Å². The third-order valence-electron chi connectivity index (χ3n) is 2.49. The van der Waals surface area contributed by atoms with Crippen molar-refractivity contribution in [3.05, 3.63) is 11.4 Å². The minimum atomic E-state index is 0.513. The summed E-state index contributed by atoms with van der Waals surface area (Å²) in [5, 5.41) is 0. The van der Waals surface area contributed by atoms with Gasteiger partial charge in [0.2, 0.25) is 5.88 Å². The molecule has 0 bridgehead atoms. The van der Waals surface area contributed by atoms with Gasteiger partial charge in [0, 0.05) is 13.0 Å². The van der Waals surface area contributed by atoms with Crippen molar-refractivity contribution in [1.82, 2.24) is 14.9 Å². The van der Waals surface area contributed by atoms with Gasteiger partial charge in [0.15, 0.2) is 0 Å². The zero-order valence-corrected chi connectivity index (χ0v) is 11.2. The SMILES string of the molecule is CCc1nc(N)c(C)c(OCCCN(C)C)n1. The highest BCUT2D eigenvalue weighted by Crippen LogP contribution is 2.19. The van der Waals surface area contributed by atoms with E-state index < -0.39 is 0 Å². The Labute approximate surface area is 103 Å². The molecule has 17 heavy (non-hydrogen) atoms. The van der Waals surface area contributed by atoms with Gasteiger partial charge in [0.25, 0.3) is 0 Å². The number of aromatic nitrogens is 2. The van der Waals surface area contributed by atoms with Gasteiger partial charge >= 0.3 is 0 Å². The molecule has 0 fully saturated rings. The van der Waals surface area contributed by atoms with Gasteiger partial charge in [-0.25, -0.2) is 4.98 Å². The fraction of sp³-hybridized carbons (Fsp3) is 0.667. The third-order valence-corrected chi connectivity index (χ3v) is 2.49.